The summed E-state index contributed by atoms with van der Waals surface area (Å²) in [5, 5.41) is 14.0. The standard InChI is InChI=1S/C12H16N2O3/c1-2-17-12-6-10(13-8-9-3-4-9)5-11(7-12)14(15)16/h5-7,9,13H,2-4,8H2,1H3. The molecule has 1 N–H and O–H groups in total. The first kappa shape index (κ1) is 11.7. The van der Waals surface area contributed by atoms with E-state index in [2.05, 4.69) is 5.32 Å². The highest BCUT2D eigenvalue weighted by Crippen LogP contribution is 2.31. The van der Waals surface area contributed by atoms with Gasteiger partial charge >= 0.3 is 0 Å². The van der Waals surface area contributed by atoms with Gasteiger partial charge in [0.25, 0.3) is 5.69 Å². The molecular formula is C12H16N2O3. The Bertz CT molecular complexity index is 416. The lowest BCUT2D eigenvalue weighted by Crippen LogP contribution is -2.04. The van der Waals surface area contributed by atoms with Crippen LogP contribution in [0.3, 0.4) is 0 Å². The molecule has 0 aliphatic heterocycles. The Balaban J connectivity index is 2.13. The minimum absolute atomic E-state index is 0.0641. The molecule has 17 heavy (non-hydrogen) atoms. The molecule has 0 radical (unpaired) electrons. The molecule has 0 spiro atoms. The predicted octanol–water partition coefficient (Wildman–Crippen LogP) is 2.82. The monoisotopic (exact) mass is 236 g/mol. The van der Waals surface area contributed by atoms with Crippen molar-refractivity contribution in [3.63, 3.8) is 0 Å². The van der Waals surface area contributed by atoms with Crippen LogP contribution in [0.5, 0.6) is 5.75 Å². The third-order valence-corrected chi connectivity index (χ3v) is 2.70. The Morgan fingerprint density at radius 1 is 1.47 bits per heavy atom. The molecule has 1 fully saturated rings. The number of hydrogen-bond donors (Lipinski definition) is 1. The number of nitro benzene ring substituents is 1. The van der Waals surface area contributed by atoms with Gasteiger partial charge < -0.3 is 10.1 Å². The van der Waals surface area contributed by atoms with E-state index in [1.165, 1.54) is 18.9 Å². The fourth-order valence-electron chi connectivity index (χ4n) is 1.62. The van der Waals surface area contributed by atoms with Crippen LogP contribution in [-0.4, -0.2) is 18.1 Å². The summed E-state index contributed by atoms with van der Waals surface area (Å²) in [5.41, 5.74) is 0.823. The van der Waals surface area contributed by atoms with Gasteiger partial charge in [-0.1, -0.05) is 0 Å². The van der Waals surface area contributed by atoms with Crippen LogP contribution >= 0.6 is 0 Å². The van der Waals surface area contributed by atoms with Crippen molar-refractivity contribution in [1.82, 2.24) is 0 Å². The minimum atomic E-state index is -0.398. The van der Waals surface area contributed by atoms with Gasteiger partial charge in [-0.15, -0.1) is 0 Å². The van der Waals surface area contributed by atoms with Gasteiger partial charge in [0.1, 0.15) is 5.75 Å². The number of nitrogens with one attached hydrogen (secondary N) is 1. The second-order valence-electron chi connectivity index (χ2n) is 4.23. The van der Waals surface area contributed by atoms with Gasteiger partial charge in [0.05, 0.1) is 17.6 Å². The van der Waals surface area contributed by atoms with E-state index in [-0.39, 0.29) is 5.69 Å². The van der Waals surface area contributed by atoms with E-state index in [4.69, 9.17) is 4.74 Å². The van der Waals surface area contributed by atoms with Crippen molar-refractivity contribution in [3.05, 3.63) is 28.3 Å². The molecule has 5 nitrogen and oxygen atoms in total. The fraction of sp³-hybridized carbons (Fsp3) is 0.500. The van der Waals surface area contributed by atoms with Crippen LogP contribution in [0.4, 0.5) is 11.4 Å². The number of non-ortho nitro benzene ring substituents is 1. The van der Waals surface area contributed by atoms with Crippen LogP contribution in [0.2, 0.25) is 0 Å². The van der Waals surface area contributed by atoms with Gasteiger partial charge in [0.15, 0.2) is 0 Å². The van der Waals surface area contributed by atoms with Crippen molar-refractivity contribution in [3.8, 4) is 5.75 Å². The first-order chi connectivity index (χ1) is 8.19. The van der Waals surface area contributed by atoms with Gasteiger partial charge in [0, 0.05) is 24.4 Å². The molecule has 0 bridgehead atoms. The predicted molar refractivity (Wildman–Crippen MR) is 65.5 cm³/mol. The summed E-state index contributed by atoms with van der Waals surface area (Å²) in [6, 6.07) is 4.80. The molecule has 0 atom stereocenters. The molecule has 0 aromatic heterocycles. The zero-order valence-corrected chi connectivity index (χ0v) is 9.81. The summed E-state index contributed by atoms with van der Waals surface area (Å²) in [4.78, 5) is 10.4. The van der Waals surface area contributed by atoms with E-state index >= 15 is 0 Å². The normalized spacial score (nSPS) is 14.4. The lowest BCUT2D eigenvalue weighted by atomic mass is 10.2. The van der Waals surface area contributed by atoms with E-state index < -0.39 is 4.92 Å². The van der Waals surface area contributed by atoms with Gasteiger partial charge in [-0.2, -0.15) is 0 Å². The summed E-state index contributed by atoms with van der Waals surface area (Å²) in [5.74, 6) is 1.27. The maximum absolute atomic E-state index is 10.8. The quantitative estimate of drug-likeness (QED) is 0.609. The molecule has 0 heterocycles. The molecule has 1 aromatic carbocycles. The molecule has 0 amide bonds. The molecule has 1 aromatic rings. The lowest BCUT2D eigenvalue weighted by Gasteiger charge is -2.08. The average molecular weight is 236 g/mol. The summed E-state index contributed by atoms with van der Waals surface area (Å²) < 4.78 is 5.32. The largest absolute Gasteiger partial charge is 0.494 e. The number of nitro groups is 1. The van der Waals surface area contributed by atoms with Crippen LogP contribution in [0.1, 0.15) is 19.8 Å². The molecule has 92 valence electrons. The van der Waals surface area contributed by atoms with Crippen LogP contribution in [0.25, 0.3) is 0 Å². The van der Waals surface area contributed by atoms with Gasteiger partial charge in [0.2, 0.25) is 0 Å². The van der Waals surface area contributed by atoms with Gasteiger partial charge in [-0.3, -0.25) is 10.1 Å². The van der Waals surface area contributed by atoms with Crippen molar-refractivity contribution in [2.24, 2.45) is 5.92 Å². The summed E-state index contributed by atoms with van der Waals surface area (Å²) >= 11 is 0. The lowest BCUT2D eigenvalue weighted by molar-refractivity contribution is -0.384. The summed E-state index contributed by atoms with van der Waals surface area (Å²) in [7, 11) is 0. The van der Waals surface area contributed by atoms with Crippen LogP contribution in [-0.2, 0) is 0 Å². The Kier molecular flexibility index (Phi) is 3.46. The van der Waals surface area contributed by atoms with Crippen molar-refractivity contribution in [2.75, 3.05) is 18.5 Å². The second kappa shape index (κ2) is 5.03. The number of rotatable bonds is 6. The first-order valence-corrected chi connectivity index (χ1v) is 5.85. The van der Waals surface area contributed by atoms with Crippen LogP contribution in [0.15, 0.2) is 18.2 Å². The van der Waals surface area contributed by atoms with Crippen LogP contribution < -0.4 is 10.1 Å². The average Bonchev–Trinajstić information content (AvgIpc) is 3.10. The topological polar surface area (TPSA) is 64.4 Å². The highest BCUT2D eigenvalue weighted by atomic mass is 16.6. The Hall–Kier alpha value is -1.78. The molecule has 5 heteroatoms. The smallest absolute Gasteiger partial charge is 0.275 e. The summed E-state index contributed by atoms with van der Waals surface area (Å²) in [6.45, 7) is 3.24. The Morgan fingerprint density at radius 2 is 2.24 bits per heavy atom. The number of benzene rings is 1. The molecule has 0 unspecified atom stereocenters. The van der Waals surface area contributed by atoms with Crippen molar-refractivity contribution in [2.45, 2.75) is 19.8 Å². The first-order valence-electron chi connectivity index (χ1n) is 5.85. The van der Waals surface area contributed by atoms with Gasteiger partial charge in [-0.25, -0.2) is 0 Å². The van der Waals surface area contributed by atoms with E-state index in [0.29, 0.717) is 12.4 Å². The second-order valence-corrected chi connectivity index (χ2v) is 4.23. The maximum Gasteiger partial charge on any atom is 0.275 e. The van der Waals surface area contributed by atoms with E-state index in [9.17, 15) is 10.1 Å². The molecule has 1 aliphatic carbocycles. The fourth-order valence-corrected chi connectivity index (χ4v) is 1.62. The Morgan fingerprint density at radius 3 is 2.82 bits per heavy atom. The SMILES string of the molecule is CCOc1cc(NCC2CC2)cc([N+](=O)[O-])c1. The van der Waals surface area contributed by atoms with E-state index in [1.807, 2.05) is 6.92 Å². The zero-order chi connectivity index (χ0) is 12.3. The highest BCUT2D eigenvalue weighted by Gasteiger charge is 2.21. The van der Waals surface area contributed by atoms with E-state index in [1.54, 1.807) is 12.1 Å². The third-order valence-electron chi connectivity index (χ3n) is 2.70. The Labute approximate surface area is 99.9 Å². The minimum Gasteiger partial charge on any atom is -0.494 e. The molecule has 1 aliphatic rings. The molecule has 2 rings (SSSR count). The van der Waals surface area contributed by atoms with Crippen molar-refractivity contribution < 1.29 is 9.66 Å². The maximum atomic E-state index is 10.8. The van der Waals surface area contributed by atoms with Crippen LogP contribution in [0, 0.1) is 16.0 Å². The number of ether oxygens (including phenoxy) is 1. The molecule has 0 saturated heterocycles. The van der Waals surface area contributed by atoms with E-state index in [0.717, 1.165) is 18.2 Å². The number of anilines is 1. The third kappa shape index (κ3) is 3.34. The number of hydrogen-bond acceptors (Lipinski definition) is 4. The highest BCUT2D eigenvalue weighted by molar-refractivity contribution is 5.56. The van der Waals surface area contributed by atoms with Gasteiger partial charge in [-0.05, 0) is 25.7 Å². The van der Waals surface area contributed by atoms with Crippen molar-refractivity contribution >= 4 is 11.4 Å². The zero-order valence-electron chi connectivity index (χ0n) is 9.81. The summed E-state index contributed by atoms with van der Waals surface area (Å²) in [6.07, 6.45) is 2.50. The van der Waals surface area contributed by atoms with Crippen molar-refractivity contribution in [1.29, 1.82) is 0 Å². The molecule has 1 saturated carbocycles. The molecular weight excluding hydrogens is 220 g/mol. The number of nitrogens with zero attached hydrogens (tertiary/aromatic N) is 1.